The van der Waals surface area contributed by atoms with Crippen molar-refractivity contribution in [3.8, 4) is 0 Å². The van der Waals surface area contributed by atoms with Crippen LogP contribution in [0.5, 0.6) is 0 Å². The third kappa shape index (κ3) is 2.65. The van der Waals surface area contributed by atoms with Crippen molar-refractivity contribution in [3.05, 3.63) is 23.8 Å². The van der Waals surface area contributed by atoms with Crippen molar-refractivity contribution < 1.29 is 0 Å². The SMILES string of the molecule is C.CC(C)(C)c1ccc(N)c(N)c1. The fourth-order valence-corrected chi connectivity index (χ4v) is 1.04. The average molecular weight is 180 g/mol. The van der Waals surface area contributed by atoms with Crippen molar-refractivity contribution >= 4 is 11.4 Å². The van der Waals surface area contributed by atoms with Gasteiger partial charge < -0.3 is 11.5 Å². The molecule has 0 aliphatic carbocycles. The first-order valence-electron chi connectivity index (χ1n) is 4.07. The molecule has 0 atom stereocenters. The van der Waals surface area contributed by atoms with Gasteiger partial charge in [0.25, 0.3) is 0 Å². The first-order valence-corrected chi connectivity index (χ1v) is 4.07. The Hall–Kier alpha value is -1.18. The Balaban J connectivity index is 0.00000144. The summed E-state index contributed by atoms with van der Waals surface area (Å²) in [4.78, 5) is 0. The second-order valence-corrected chi connectivity index (χ2v) is 4.09. The molecule has 0 spiro atoms. The monoisotopic (exact) mass is 180 g/mol. The zero-order chi connectivity index (χ0) is 9.35. The van der Waals surface area contributed by atoms with E-state index in [0.29, 0.717) is 11.4 Å². The van der Waals surface area contributed by atoms with Gasteiger partial charge in [-0.3, -0.25) is 0 Å². The van der Waals surface area contributed by atoms with Crippen molar-refractivity contribution in [3.63, 3.8) is 0 Å². The summed E-state index contributed by atoms with van der Waals surface area (Å²) in [5.41, 5.74) is 14.0. The van der Waals surface area contributed by atoms with Crippen LogP contribution < -0.4 is 11.5 Å². The molecule has 13 heavy (non-hydrogen) atoms. The molecule has 1 rings (SSSR count). The number of benzene rings is 1. The molecule has 0 unspecified atom stereocenters. The Morgan fingerprint density at radius 2 is 1.54 bits per heavy atom. The molecule has 0 amide bonds. The van der Waals surface area contributed by atoms with Gasteiger partial charge in [0.05, 0.1) is 11.4 Å². The van der Waals surface area contributed by atoms with E-state index < -0.39 is 0 Å². The second-order valence-electron chi connectivity index (χ2n) is 4.09. The zero-order valence-electron chi connectivity index (χ0n) is 7.89. The predicted molar refractivity (Wildman–Crippen MR) is 60.7 cm³/mol. The average Bonchev–Trinajstić information content (AvgIpc) is 1.92. The van der Waals surface area contributed by atoms with Crippen LogP contribution in [0.1, 0.15) is 33.8 Å². The molecule has 1 aromatic rings. The van der Waals surface area contributed by atoms with Crippen LogP contribution in [0.4, 0.5) is 11.4 Å². The van der Waals surface area contributed by atoms with Crippen molar-refractivity contribution in [1.29, 1.82) is 0 Å². The summed E-state index contributed by atoms with van der Waals surface area (Å²) < 4.78 is 0. The van der Waals surface area contributed by atoms with E-state index >= 15 is 0 Å². The van der Waals surface area contributed by atoms with Crippen LogP contribution >= 0.6 is 0 Å². The van der Waals surface area contributed by atoms with Crippen molar-refractivity contribution in [2.75, 3.05) is 11.5 Å². The Kier molecular flexibility index (Phi) is 3.35. The van der Waals surface area contributed by atoms with Crippen LogP contribution in [0.15, 0.2) is 18.2 Å². The van der Waals surface area contributed by atoms with Crippen molar-refractivity contribution in [2.24, 2.45) is 0 Å². The molecule has 2 nitrogen and oxygen atoms in total. The molecule has 0 saturated heterocycles. The first-order chi connectivity index (χ1) is 5.41. The van der Waals surface area contributed by atoms with E-state index in [1.54, 1.807) is 0 Å². The summed E-state index contributed by atoms with van der Waals surface area (Å²) >= 11 is 0. The van der Waals surface area contributed by atoms with Crippen molar-refractivity contribution in [2.45, 2.75) is 33.6 Å². The van der Waals surface area contributed by atoms with Gasteiger partial charge in [0.1, 0.15) is 0 Å². The largest absolute Gasteiger partial charge is 0.397 e. The van der Waals surface area contributed by atoms with Crippen LogP contribution in [-0.4, -0.2) is 0 Å². The summed E-state index contributed by atoms with van der Waals surface area (Å²) in [5.74, 6) is 0. The number of nitrogens with two attached hydrogens (primary N) is 2. The summed E-state index contributed by atoms with van der Waals surface area (Å²) in [7, 11) is 0. The molecule has 0 heterocycles. The Morgan fingerprint density at radius 3 is 1.92 bits per heavy atom. The number of hydrogen-bond acceptors (Lipinski definition) is 2. The lowest BCUT2D eigenvalue weighted by Gasteiger charge is -2.19. The maximum absolute atomic E-state index is 5.69. The van der Waals surface area contributed by atoms with Crippen LogP contribution in [0, 0.1) is 0 Å². The maximum atomic E-state index is 5.69. The van der Waals surface area contributed by atoms with Gasteiger partial charge in [-0.25, -0.2) is 0 Å². The summed E-state index contributed by atoms with van der Waals surface area (Å²) in [6.45, 7) is 6.45. The minimum absolute atomic E-state index is 0. The van der Waals surface area contributed by atoms with E-state index in [2.05, 4.69) is 20.8 Å². The molecule has 0 saturated carbocycles. The molecule has 0 bridgehead atoms. The van der Waals surface area contributed by atoms with Crippen LogP contribution in [0.3, 0.4) is 0 Å². The third-order valence-corrected chi connectivity index (χ3v) is 1.95. The van der Waals surface area contributed by atoms with E-state index in [4.69, 9.17) is 11.5 Å². The molecular formula is C11H20N2. The second kappa shape index (κ2) is 3.69. The zero-order valence-corrected chi connectivity index (χ0v) is 7.89. The topological polar surface area (TPSA) is 52.0 Å². The van der Waals surface area contributed by atoms with Gasteiger partial charge in [-0.1, -0.05) is 34.3 Å². The first kappa shape index (κ1) is 11.8. The van der Waals surface area contributed by atoms with Gasteiger partial charge in [-0.2, -0.15) is 0 Å². The van der Waals surface area contributed by atoms with Gasteiger partial charge in [-0.05, 0) is 23.1 Å². The lowest BCUT2D eigenvalue weighted by atomic mass is 9.87. The van der Waals surface area contributed by atoms with Gasteiger partial charge in [0, 0.05) is 0 Å². The maximum Gasteiger partial charge on any atom is 0.0550 e. The third-order valence-electron chi connectivity index (χ3n) is 1.95. The minimum atomic E-state index is 0. The Morgan fingerprint density at radius 1 is 1.00 bits per heavy atom. The van der Waals surface area contributed by atoms with Gasteiger partial charge in [0.15, 0.2) is 0 Å². The van der Waals surface area contributed by atoms with E-state index in [9.17, 15) is 0 Å². The highest BCUT2D eigenvalue weighted by Crippen LogP contribution is 2.26. The number of hydrogen-bond donors (Lipinski definition) is 2. The van der Waals surface area contributed by atoms with E-state index in [-0.39, 0.29) is 12.8 Å². The molecule has 74 valence electrons. The molecule has 4 N–H and O–H groups in total. The Labute approximate surface area is 80.9 Å². The molecule has 0 aromatic heterocycles. The lowest BCUT2D eigenvalue weighted by Crippen LogP contribution is -2.11. The molecule has 2 heteroatoms. The van der Waals surface area contributed by atoms with Gasteiger partial charge in [0.2, 0.25) is 0 Å². The molecule has 0 aliphatic rings. The lowest BCUT2D eigenvalue weighted by molar-refractivity contribution is 0.590. The fraction of sp³-hybridized carbons (Fsp3) is 0.455. The van der Waals surface area contributed by atoms with Crippen LogP contribution in [-0.2, 0) is 5.41 Å². The normalized spacial score (nSPS) is 10.7. The van der Waals surface area contributed by atoms with Crippen molar-refractivity contribution in [1.82, 2.24) is 0 Å². The smallest absolute Gasteiger partial charge is 0.0550 e. The molecular weight excluding hydrogens is 160 g/mol. The number of nitrogen functional groups attached to an aromatic ring is 2. The highest BCUT2D eigenvalue weighted by molar-refractivity contribution is 5.64. The highest BCUT2D eigenvalue weighted by Gasteiger charge is 2.13. The van der Waals surface area contributed by atoms with E-state index in [1.165, 1.54) is 5.56 Å². The van der Waals surface area contributed by atoms with Gasteiger partial charge >= 0.3 is 0 Å². The predicted octanol–water partition coefficient (Wildman–Crippen LogP) is 2.78. The van der Waals surface area contributed by atoms with Gasteiger partial charge in [-0.15, -0.1) is 0 Å². The fourth-order valence-electron chi connectivity index (χ4n) is 1.04. The molecule has 0 fully saturated rings. The summed E-state index contributed by atoms with van der Waals surface area (Å²) in [6, 6.07) is 5.82. The molecule has 1 aromatic carbocycles. The minimum Gasteiger partial charge on any atom is -0.397 e. The quantitative estimate of drug-likeness (QED) is 0.603. The van der Waals surface area contributed by atoms with E-state index in [1.807, 2.05) is 18.2 Å². The van der Waals surface area contributed by atoms with E-state index in [0.717, 1.165) is 0 Å². The number of anilines is 2. The highest BCUT2D eigenvalue weighted by atomic mass is 14.7. The van der Waals surface area contributed by atoms with Crippen LogP contribution in [0.25, 0.3) is 0 Å². The number of rotatable bonds is 0. The Bertz CT molecular complexity index is 285. The summed E-state index contributed by atoms with van der Waals surface area (Å²) in [5, 5.41) is 0. The molecule has 0 aliphatic heterocycles. The standard InChI is InChI=1S/C10H16N2.CH4/c1-10(2,3)7-4-5-8(11)9(12)6-7;/h4-6H,11-12H2,1-3H3;1H4. The summed E-state index contributed by atoms with van der Waals surface area (Å²) in [6.07, 6.45) is 0. The molecule has 0 radical (unpaired) electrons. The van der Waals surface area contributed by atoms with Crippen LogP contribution in [0.2, 0.25) is 0 Å².